The summed E-state index contributed by atoms with van der Waals surface area (Å²) in [7, 11) is 0. The number of nitrogens with zero attached hydrogens (tertiary/aromatic N) is 1. The number of nitrogens with two attached hydrogens (primary N) is 1. The van der Waals surface area contributed by atoms with Crippen molar-refractivity contribution in [1.29, 1.82) is 0 Å². The van der Waals surface area contributed by atoms with Gasteiger partial charge in [-0.15, -0.1) is 0 Å². The minimum Gasteiger partial charge on any atom is -0.398 e. The van der Waals surface area contributed by atoms with E-state index in [1.165, 1.54) is 4.90 Å². The first-order valence-electron chi connectivity index (χ1n) is 5.15. The van der Waals surface area contributed by atoms with E-state index in [1.54, 1.807) is 12.1 Å². The van der Waals surface area contributed by atoms with Gasteiger partial charge in [-0.05, 0) is 40.5 Å². The monoisotopic (exact) mass is 308 g/mol. The molecule has 0 spiro atoms. The van der Waals surface area contributed by atoms with Gasteiger partial charge >= 0.3 is 0 Å². The third kappa shape index (κ3) is 3.81. The number of nitrogen functional groups attached to an aromatic ring is 1. The van der Waals surface area contributed by atoms with Crippen LogP contribution in [0.2, 0.25) is 0 Å². The molecule has 6 heteroatoms. The molecule has 0 radical (unpaired) electrons. The quantitative estimate of drug-likeness (QED) is 0.821. The topological polar surface area (TPSA) is 49.5 Å². The largest absolute Gasteiger partial charge is 0.398 e. The molecule has 3 nitrogen and oxygen atoms in total. The van der Waals surface area contributed by atoms with Gasteiger partial charge in [0, 0.05) is 16.7 Å². The van der Waals surface area contributed by atoms with E-state index in [9.17, 15) is 8.78 Å². The average Bonchev–Trinajstić information content (AvgIpc) is 2.22. The first-order chi connectivity index (χ1) is 7.95. The summed E-state index contributed by atoms with van der Waals surface area (Å²) in [4.78, 5) is 1.43. The highest BCUT2D eigenvalue weighted by atomic mass is 79.9. The summed E-state index contributed by atoms with van der Waals surface area (Å²) in [5.41, 5.74) is 7.75. The Labute approximate surface area is 107 Å². The molecule has 0 amide bonds. The maximum Gasteiger partial charge on any atom is 0.255 e. The van der Waals surface area contributed by atoms with Gasteiger partial charge in [-0.3, -0.25) is 0 Å². The molecule has 0 heterocycles. The van der Waals surface area contributed by atoms with E-state index in [1.807, 2.05) is 6.92 Å². The van der Waals surface area contributed by atoms with Crippen molar-refractivity contribution in [3.05, 3.63) is 22.2 Å². The molecule has 0 atom stereocenters. The van der Waals surface area contributed by atoms with Gasteiger partial charge < -0.3 is 15.7 Å². The van der Waals surface area contributed by atoms with Gasteiger partial charge in [0.25, 0.3) is 6.43 Å². The number of hydrogen-bond acceptors (Lipinski definition) is 3. The van der Waals surface area contributed by atoms with Crippen molar-refractivity contribution in [2.75, 3.05) is 30.3 Å². The number of rotatable bonds is 5. The van der Waals surface area contributed by atoms with Gasteiger partial charge in [-0.25, -0.2) is 8.78 Å². The second kappa shape index (κ2) is 6.16. The minimum absolute atomic E-state index is 0.159. The van der Waals surface area contributed by atoms with Gasteiger partial charge in [0.05, 0.1) is 18.8 Å². The van der Waals surface area contributed by atoms with Crippen LogP contribution in [0.15, 0.2) is 16.6 Å². The number of aryl methyl sites for hydroxylation is 1. The average molecular weight is 309 g/mol. The number of anilines is 2. The van der Waals surface area contributed by atoms with E-state index in [0.717, 1.165) is 5.56 Å². The minimum atomic E-state index is -2.45. The van der Waals surface area contributed by atoms with Crippen molar-refractivity contribution >= 4 is 27.3 Å². The van der Waals surface area contributed by atoms with E-state index in [4.69, 9.17) is 10.8 Å². The molecule has 0 fully saturated rings. The number of alkyl halides is 2. The second-order valence-electron chi connectivity index (χ2n) is 3.72. The van der Waals surface area contributed by atoms with Crippen LogP contribution in [0.5, 0.6) is 0 Å². The van der Waals surface area contributed by atoms with Crippen molar-refractivity contribution in [3.8, 4) is 0 Å². The van der Waals surface area contributed by atoms with E-state index >= 15 is 0 Å². The number of aliphatic hydroxyl groups is 1. The van der Waals surface area contributed by atoms with Crippen LogP contribution < -0.4 is 10.6 Å². The summed E-state index contributed by atoms with van der Waals surface area (Å²) >= 11 is 3.29. The standard InChI is InChI=1S/C11H15BrF2N2O/c1-7-4-10(8(12)5-9(7)15)16(2-3-17)6-11(13)14/h4-5,11,17H,2-3,6,15H2,1H3. The Kier molecular flexibility index (Phi) is 5.14. The maximum atomic E-state index is 12.4. The number of aliphatic hydroxyl groups excluding tert-OH is 1. The first kappa shape index (κ1) is 14.2. The maximum absolute atomic E-state index is 12.4. The lowest BCUT2D eigenvalue weighted by atomic mass is 10.1. The first-order valence-corrected chi connectivity index (χ1v) is 5.94. The van der Waals surface area contributed by atoms with Crippen LogP contribution in [0, 0.1) is 6.92 Å². The Hall–Kier alpha value is -0.880. The zero-order chi connectivity index (χ0) is 13.0. The van der Waals surface area contributed by atoms with Gasteiger partial charge in [0.2, 0.25) is 0 Å². The van der Waals surface area contributed by atoms with Crippen LogP contribution in [0.25, 0.3) is 0 Å². The molecule has 0 bridgehead atoms. The zero-order valence-corrected chi connectivity index (χ0v) is 11.0. The van der Waals surface area contributed by atoms with Crippen molar-refractivity contribution in [1.82, 2.24) is 0 Å². The van der Waals surface area contributed by atoms with Crippen molar-refractivity contribution in [2.45, 2.75) is 13.3 Å². The van der Waals surface area contributed by atoms with Crippen molar-refractivity contribution in [2.24, 2.45) is 0 Å². The van der Waals surface area contributed by atoms with Gasteiger partial charge in [0.1, 0.15) is 0 Å². The predicted octanol–water partition coefficient (Wildman–Crippen LogP) is 2.40. The lowest BCUT2D eigenvalue weighted by Crippen LogP contribution is -2.31. The molecule has 1 aromatic carbocycles. The fraction of sp³-hybridized carbons (Fsp3) is 0.455. The Morgan fingerprint density at radius 3 is 2.65 bits per heavy atom. The third-order valence-electron chi connectivity index (χ3n) is 2.40. The number of benzene rings is 1. The highest BCUT2D eigenvalue weighted by Gasteiger charge is 2.15. The van der Waals surface area contributed by atoms with E-state index in [2.05, 4.69) is 15.9 Å². The molecule has 0 saturated carbocycles. The third-order valence-corrected chi connectivity index (χ3v) is 3.04. The molecular weight excluding hydrogens is 294 g/mol. The highest BCUT2D eigenvalue weighted by Crippen LogP contribution is 2.31. The molecule has 1 aromatic rings. The number of halogens is 3. The lowest BCUT2D eigenvalue weighted by Gasteiger charge is -2.25. The van der Waals surface area contributed by atoms with Crippen molar-refractivity contribution < 1.29 is 13.9 Å². The number of hydrogen-bond donors (Lipinski definition) is 2. The van der Waals surface area contributed by atoms with Gasteiger partial charge in [-0.2, -0.15) is 0 Å². The molecule has 0 aliphatic carbocycles. The lowest BCUT2D eigenvalue weighted by molar-refractivity contribution is 0.152. The van der Waals surface area contributed by atoms with E-state index in [0.29, 0.717) is 15.8 Å². The van der Waals surface area contributed by atoms with Gasteiger partial charge in [-0.1, -0.05) is 0 Å². The summed E-state index contributed by atoms with van der Waals surface area (Å²) in [5, 5.41) is 8.90. The Bertz CT molecular complexity index is 388. The van der Waals surface area contributed by atoms with Crippen LogP contribution >= 0.6 is 15.9 Å². The summed E-state index contributed by atoms with van der Waals surface area (Å²) in [6.07, 6.45) is -2.45. The summed E-state index contributed by atoms with van der Waals surface area (Å²) in [6, 6.07) is 3.41. The molecule has 0 unspecified atom stereocenters. The van der Waals surface area contributed by atoms with Crippen LogP contribution in [-0.4, -0.2) is 31.2 Å². The molecule has 0 saturated heterocycles. The second-order valence-corrected chi connectivity index (χ2v) is 4.58. The van der Waals surface area contributed by atoms with Gasteiger partial charge in [0.15, 0.2) is 0 Å². The highest BCUT2D eigenvalue weighted by molar-refractivity contribution is 9.10. The smallest absolute Gasteiger partial charge is 0.255 e. The molecule has 17 heavy (non-hydrogen) atoms. The Balaban J connectivity index is 3.04. The molecule has 3 N–H and O–H groups in total. The normalized spacial score (nSPS) is 10.9. The molecular formula is C11H15BrF2N2O. The van der Waals surface area contributed by atoms with E-state index in [-0.39, 0.29) is 13.2 Å². The van der Waals surface area contributed by atoms with Crippen LogP contribution in [0.4, 0.5) is 20.2 Å². The van der Waals surface area contributed by atoms with E-state index < -0.39 is 13.0 Å². The fourth-order valence-electron chi connectivity index (χ4n) is 1.52. The van der Waals surface area contributed by atoms with Crippen LogP contribution in [-0.2, 0) is 0 Å². The molecule has 0 aromatic heterocycles. The molecule has 0 aliphatic heterocycles. The predicted molar refractivity (Wildman–Crippen MR) is 68.6 cm³/mol. The van der Waals surface area contributed by atoms with Crippen LogP contribution in [0.1, 0.15) is 5.56 Å². The summed E-state index contributed by atoms with van der Waals surface area (Å²) in [5.74, 6) is 0. The summed E-state index contributed by atoms with van der Waals surface area (Å²) < 4.78 is 25.5. The molecule has 0 aliphatic rings. The zero-order valence-electron chi connectivity index (χ0n) is 9.46. The van der Waals surface area contributed by atoms with Crippen LogP contribution in [0.3, 0.4) is 0 Å². The summed E-state index contributed by atoms with van der Waals surface area (Å²) in [6.45, 7) is 1.38. The SMILES string of the molecule is Cc1cc(N(CCO)CC(F)F)c(Br)cc1N. The van der Waals surface area contributed by atoms with Crippen molar-refractivity contribution in [3.63, 3.8) is 0 Å². The molecule has 96 valence electrons. The molecule has 1 rings (SSSR count). The fourth-order valence-corrected chi connectivity index (χ4v) is 2.13. The Morgan fingerprint density at radius 1 is 1.47 bits per heavy atom. The Morgan fingerprint density at radius 2 is 2.12 bits per heavy atom.